The van der Waals surface area contributed by atoms with Crippen molar-refractivity contribution in [3.8, 4) is 0 Å². The summed E-state index contributed by atoms with van der Waals surface area (Å²) in [6.07, 6.45) is 0. The lowest BCUT2D eigenvalue weighted by Crippen LogP contribution is -2.32. The molecule has 1 aromatic heterocycles. The summed E-state index contributed by atoms with van der Waals surface area (Å²) in [4.78, 5) is 15.7. The lowest BCUT2D eigenvalue weighted by molar-refractivity contribution is 0.0946. The second-order valence-electron chi connectivity index (χ2n) is 6.12. The van der Waals surface area contributed by atoms with Gasteiger partial charge in [-0.05, 0) is 49.4 Å². The van der Waals surface area contributed by atoms with Crippen LogP contribution in [0.25, 0.3) is 10.9 Å². The van der Waals surface area contributed by atoms with E-state index in [-0.39, 0.29) is 5.91 Å². The Morgan fingerprint density at radius 2 is 2.00 bits per heavy atom. The number of aromatic nitrogens is 1. The van der Waals surface area contributed by atoms with Crippen LogP contribution in [0.3, 0.4) is 0 Å². The molecule has 20 heavy (non-hydrogen) atoms. The minimum atomic E-state index is 0.0598. The number of piperidine rings is 1. The Morgan fingerprint density at radius 1 is 1.25 bits per heavy atom. The van der Waals surface area contributed by atoms with E-state index >= 15 is 0 Å². The maximum atomic E-state index is 12.3. The highest BCUT2D eigenvalue weighted by molar-refractivity contribution is 5.99. The molecule has 1 aliphatic heterocycles. The van der Waals surface area contributed by atoms with Crippen LogP contribution in [-0.4, -0.2) is 30.0 Å². The Balaban J connectivity index is 1.58. The van der Waals surface area contributed by atoms with Crippen molar-refractivity contribution >= 4 is 16.8 Å². The van der Waals surface area contributed by atoms with Gasteiger partial charge in [0.2, 0.25) is 0 Å². The molecule has 2 heterocycles. The van der Waals surface area contributed by atoms with E-state index in [1.807, 2.05) is 18.2 Å². The van der Waals surface area contributed by atoms with Gasteiger partial charge < -0.3 is 15.6 Å². The molecule has 104 valence electrons. The second-order valence-corrected chi connectivity index (χ2v) is 6.12. The van der Waals surface area contributed by atoms with Crippen LogP contribution < -0.4 is 10.6 Å². The summed E-state index contributed by atoms with van der Waals surface area (Å²) >= 11 is 0. The predicted molar refractivity (Wildman–Crippen MR) is 78.9 cm³/mol. The SMILES string of the molecule is Cc1[nH]c2ccc(C(=O)NC3C4CNCC43)cc2c1C. The molecular weight excluding hydrogens is 250 g/mol. The third-order valence-electron chi connectivity index (χ3n) is 4.96. The number of amides is 1. The van der Waals surface area contributed by atoms with Gasteiger partial charge in [-0.25, -0.2) is 0 Å². The molecule has 2 fully saturated rings. The van der Waals surface area contributed by atoms with Crippen LogP contribution in [0.5, 0.6) is 0 Å². The number of aromatic amines is 1. The third-order valence-corrected chi connectivity index (χ3v) is 4.96. The van der Waals surface area contributed by atoms with Crippen molar-refractivity contribution in [1.82, 2.24) is 15.6 Å². The van der Waals surface area contributed by atoms with E-state index in [1.54, 1.807) is 0 Å². The standard InChI is InChI=1S/C16H19N3O/c1-8-9(2)18-14-4-3-10(5-11(8)14)16(20)19-15-12-6-17-7-13(12)15/h3-5,12-13,15,17-18H,6-7H2,1-2H3,(H,19,20). The lowest BCUT2D eigenvalue weighted by atomic mass is 10.1. The summed E-state index contributed by atoms with van der Waals surface area (Å²) < 4.78 is 0. The van der Waals surface area contributed by atoms with Gasteiger partial charge in [-0.2, -0.15) is 0 Å². The van der Waals surface area contributed by atoms with E-state index < -0.39 is 0 Å². The molecule has 0 radical (unpaired) electrons. The quantitative estimate of drug-likeness (QED) is 0.777. The van der Waals surface area contributed by atoms with Gasteiger partial charge in [0, 0.05) is 41.3 Å². The first-order chi connectivity index (χ1) is 9.65. The first-order valence-electron chi connectivity index (χ1n) is 7.25. The normalized spacial score (nSPS) is 27.6. The largest absolute Gasteiger partial charge is 0.358 e. The van der Waals surface area contributed by atoms with Crippen molar-refractivity contribution in [3.05, 3.63) is 35.0 Å². The summed E-state index contributed by atoms with van der Waals surface area (Å²) in [7, 11) is 0. The highest BCUT2D eigenvalue weighted by Crippen LogP contribution is 2.41. The molecule has 1 aliphatic carbocycles. The third kappa shape index (κ3) is 1.68. The van der Waals surface area contributed by atoms with E-state index in [0.717, 1.165) is 29.6 Å². The first kappa shape index (κ1) is 12.0. The molecule has 1 saturated heterocycles. The van der Waals surface area contributed by atoms with Crippen molar-refractivity contribution < 1.29 is 4.79 Å². The minimum absolute atomic E-state index is 0.0598. The molecule has 1 aromatic carbocycles. The smallest absolute Gasteiger partial charge is 0.251 e. The van der Waals surface area contributed by atoms with E-state index in [9.17, 15) is 4.79 Å². The first-order valence-corrected chi connectivity index (χ1v) is 7.25. The molecule has 0 spiro atoms. The molecule has 2 aromatic rings. The number of H-pyrrole nitrogens is 1. The molecule has 3 N–H and O–H groups in total. The van der Waals surface area contributed by atoms with Crippen molar-refractivity contribution in [2.45, 2.75) is 19.9 Å². The van der Waals surface area contributed by atoms with E-state index in [2.05, 4.69) is 29.5 Å². The van der Waals surface area contributed by atoms with Gasteiger partial charge >= 0.3 is 0 Å². The minimum Gasteiger partial charge on any atom is -0.358 e. The average molecular weight is 269 g/mol. The Labute approximate surface area is 117 Å². The number of benzene rings is 1. The van der Waals surface area contributed by atoms with Crippen molar-refractivity contribution in [3.63, 3.8) is 0 Å². The molecule has 2 aliphatic rings. The van der Waals surface area contributed by atoms with E-state index in [1.165, 1.54) is 11.3 Å². The van der Waals surface area contributed by atoms with Gasteiger partial charge in [-0.3, -0.25) is 4.79 Å². The summed E-state index contributed by atoms with van der Waals surface area (Å²) in [5.74, 6) is 1.36. The monoisotopic (exact) mass is 269 g/mol. The van der Waals surface area contributed by atoms with Crippen LogP contribution in [0.15, 0.2) is 18.2 Å². The average Bonchev–Trinajstić information content (AvgIpc) is 2.80. The number of fused-ring (bicyclic) bond motifs is 2. The lowest BCUT2D eigenvalue weighted by Gasteiger charge is -2.08. The number of rotatable bonds is 2. The molecule has 2 unspecified atom stereocenters. The fourth-order valence-electron chi connectivity index (χ4n) is 3.47. The Hall–Kier alpha value is -1.81. The summed E-state index contributed by atoms with van der Waals surface area (Å²) in [6, 6.07) is 6.29. The van der Waals surface area contributed by atoms with Gasteiger partial charge in [0.05, 0.1) is 0 Å². The van der Waals surface area contributed by atoms with Crippen molar-refractivity contribution in [2.24, 2.45) is 11.8 Å². The number of carbonyl (C=O) groups is 1. The van der Waals surface area contributed by atoms with Crippen molar-refractivity contribution in [1.29, 1.82) is 0 Å². The topological polar surface area (TPSA) is 56.9 Å². The second kappa shape index (κ2) is 4.09. The Kier molecular flexibility index (Phi) is 2.45. The highest BCUT2D eigenvalue weighted by atomic mass is 16.1. The van der Waals surface area contributed by atoms with Gasteiger partial charge in [0.15, 0.2) is 0 Å². The van der Waals surface area contributed by atoms with E-state index in [4.69, 9.17) is 0 Å². The maximum absolute atomic E-state index is 12.3. The molecule has 4 heteroatoms. The molecule has 2 atom stereocenters. The fourth-order valence-corrected chi connectivity index (χ4v) is 3.47. The van der Waals surface area contributed by atoms with Crippen molar-refractivity contribution in [2.75, 3.05) is 13.1 Å². The highest BCUT2D eigenvalue weighted by Gasteiger charge is 2.53. The number of aryl methyl sites for hydroxylation is 2. The van der Waals surface area contributed by atoms with Crippen LogP contribution in [0.4, 0.5) is 0 Å². The number of nitrogens with one attached hydrogen (secondary N) is 3. The zero-order valence-electron chi connectivity index (χ0n) is 11.8. The van der Waals surface area contributed by atoms with Gasteiger partial charge in [-0.15, -0.1) is 0 Å². The number of carbonyl (C=O) groups excluding carboxylic acids is 1. The van der Waals surface area contributed by atoms with Crippen LogP contribution in [-0.2, 0) is 0 Å². The van der Waals surface area contributed by atoms with Gasteiger partial charge in [-0.1, -0.05) is 0 Å². The van der Waals surface area contributed by atoms with Crippen LogP contribution in [0.1, 0.15) is 21.6 Å². The molecule has 1 amide bonds. The number of hydrogen-bond donors (Lipinski definition) is 3. The summed E-state index contributed by atoms with van der Waals surface area (Å²) in [6.45, 7) is 6.25. The summed E-state index contributed by atoms with van der Waals surface area (Å²) in [5, 5.41) is 7.66. The van der Waals surface area contributed by atoms with Gasteiger partial charge in [0.25, 0.3) is 5.91 Å². The molecule has 0 bridgehead atoms. The van der Waals surface area contributed by atoms with Crippen LogP contribution >= 0.6 is 0 Å². The Morgan fingerprint density at radius 3 is 2.75 bits per heavy atom. The fraction of sp³-hybridized carbons (Fsp3) is 0.438. The van der Waals surface area contributed by atoms with Crippen LogP contribution in [0, 0.1) is 25.7 Å². The zero-order valence-corrected chi connectivity index (χ0v) is 11.8. The molecule has 4 rings (SSSR count). The summed E-state index contributed by atoms with van der Waals surface area (Å²) in [5.41, 5.74) is 4.25. The van der Waals surface area contributed by atoms with Crippen LogP contribution in [0.2, 0.25) is 0 Å². The predicted octanol–water partition coefficient (Wildman–Crippen LogP) is 1.73. The molecule has 1 saturated carbocycles. The zero-order chi connectivity index (χ0) is 13.9. The van der Waals surface area contributed by atoms with Gasteiger partial charge in [0.1, 0.15) is 0 Å². The molecule has 4 nitrogen and oxygen atoms in total. The number of hydrogen-bond acceptors (Lipinski definition) is 2. The Bertz CT molecular complexity index is 693. The van der Waals surface area contributed by atoms with E-state index in [0.29, 0.717) is 17.9 Å². The maximum Gasteiger partial charge on any atom is 0.251 e. The molecular formula is C16H19N3O.